The number of aromatic nitrogens is 6. The maximum absolute atomic E-state index is 14.0. The number of hydrogen-bond donors (Lipinski definition) is 2. The summed E-state index contributed by atoms with van der Waals surface area (Å²) in [6, 6.07) is 3.89. The first kappa shape index (κ1) is 25.3. The molecule has 190 valence electrons. The summed E-state index contributed by atoms with van der Waals surface area (Å²) in [7, 11) is 0. The summed E-state index contributed by atoms with van der Waals surface area (Å²) in [5.41, 5.74) is 1.40. The molecule has 0 spiro atoms. The Kier molecular flexibility index (Phi) is 6.90. The summed E-state index contributed by atoms with van der Waals surface area (Å²) in [4.78, 5) is 13.0. The molecule has 1 fully saturated rings. The Hall–Kier alpha value is -2.38. The number of aryl methyl sites for hydroxylation is 2. The summed E-state index contributed by atoms with van der Waals surface area (Å²) in [5, 5.41) is 15.5. The molecule has 36 heavy (non-hydrogen) atoms. The van der Waals surface area contributed by atoms with Crippen molar-refractivity contribution in [2.75, 3.05) is 11.9 Å². The molecule has 0 aliphatic carbocycles. The van der Waals surface area contributed by atoms with E-state index in [-0.39, 0.29) is 29.8 Å². The van der Waals surface area contributed by atoms with Gasteiger partial charge in [0.15, 0.2) is 5.65 Å². The fraction of sp³-hybridized carbons (Fsp3) is 0.409. The number of anilines is 1. The number of halogens is 4. The van der Waals surface area contributed by atoms with E-state index in [1.165, 1.54) is 0 Å². The Morgan fingerprint density at radius 1 is 1.19 bits per heavy atom. The number of pyridine rings is 1. The van der Waals surface area contributed by atoms with Crippen LogP contribution >= 0.6 is 28.4 Å². The number of fused-ring (bicyclic) bond motifs is 1. The van der Waals surface area contributed by atoms with Crippen LogP contribution in [-0.4, -0.2) is 48.3 Å². The molecule has 1 aliphatic rings. The molecular formula is C22H23F3IN8OP. The minimum absolute atomic E-state index is 0.0233. The van der Waals surface area contributed by atoms with Gasteiger partial charge in [0, 0.05) is 30.2 Å². The van der Waals surface area contributed by atoms with Crippen molar-refractivity contribution in [3.8, 4) is 22.6 Å². The maximum Gasteiger partial charge on any atom is 0.420 e. The lowest BCUT2D eigenvalue weighted by Crippen LogP contribution is -2.43. The molecule has 0 amide bonds. The lowest BCUT2D eigenvalue weighted by molar-refractivity contribution is -0.137. The van der Waals surface area contributed by atoms with Crippen LogP contribution in [0.25, 0.3) is 33.7 Å². The first-order chi connectivity index (χ1) is 17.2. The predicted molar refractivity (Wildman–Crippen MR) is 140 cm³/mol. The van der Waals surface area contributed by atoms with Crippen molar-refractivity contribution in [2.45, 2.75) is 51.9 Å². The normalized spacial score (nSPS) is 19.0. The van der Waals surface area contributed by atoms with Gasteiger partial charge in [0.2, 0.25) is 5.95 Å². The molecule has 4 aromatic heterocycles. The summed E-state index contributed by atoms with van der Waals surface area (Å²) >= 11 is 2.13. The molecule has 5 rings (SSSR count). The van der Waals surface area contributed by atoms with E-state index in [1.807, 2.05) is 6.92 Å². The third-order valence-corrected chi connectivity index (χ3v) is 8.06. The molecule has 9 nitrogen and oxygen atoms in total. The number of hydrogen-bond acceptors (Lipinski definition) is 8. The first-order valence-corrected chi connectivity index (χ1v) is 15.4. The zero-order valence-electron chi connectivity index (χ0n) is 19.6. The van der Waals surface area contributed by atoms with Crippen LogP contribution in [0.2, 0.25) is 0 Å². The second-order valence-corrected chi connectivity index (χ2v) is 10.8. The average molecular weight is 630 g/mol. The van der Waals surface area contributed by atoms with E-state index < -0.39 is 11.7 Å². The van der Waals surface area contributed by atoms with Crippen LogP contribution in [0, 0.1) is 13.8 Å². The molecular weight excluding hydrogens is 607 g/mol. The van der Waals surface area contributed by atoms with Crippen molar-refractivity contribution in [3.05, 3.63) is 35.3 Å². The van der Waals surface area contributed by atoms with Crippen molar-refractivity contribution in [3.63, 3.8) is 0 Å². The van der Waals surface area contributed by atoms with Crippen LogP contribution < -0.4 is 10.6 Å². The Bertz CT molecular complexity index is 1400. The van der Waals surface area contributed by atoms with Crippen LogP contribution in [0.15, 0.2) is 22.9 Å². The second kappa shape index (κ2) is 9.82. The molecule has 3 atom stereocenters. The lowest BCUT2D eigenvalue weighted by atomic mass is 10.0. The molecule has 5 heterocycles. The summed E-state index contributed by atoms with van der Waals surface area (Å²) < 4.78 is 48.9. The molecule has 1 saturated heterocycles. The fourth-order valence-electron chi connectivity index (χ4n) is 4.36. The average Bonchev–Trinajstić information content (AvgIpc) is 3.38. The van der Waals surface area contributed by atoms with Gasteiger partial charge in [-0.15, -0.1) is 0 Å². The molecule has 0 radical (unpaired) electrons. The summed E-state index contributed by atoms with van der Waals surface area (Å²) in [6.45, 7) is 6.39. The van der Waals surface area contributed by atoms with Gasteiger partial charge in [0.1, 0.15) is 22.7 Å². The third kappa shape index (κ3) is 4.80. The molecule has 0 bridgehead atoms. The predicted octanol–water partition coefficient (Wildman–Crippen LogP) is 5.52. The van der Waals surface area contributed by atoms with E-state index in [4.69, 9.17) is 9.51 Å². The van der Waals surface area contributed by atoms with E-state index in [1.54, 1.807) is 23.5 Å². The van der Waals surface area contributed by atoms with Crippen LogP contribution in [0.3, 0.4) is 0 Å². The molecule has 4 aromatic rings. The topological polar surface area (TPSA) is 107 Å². The summed E-state index contributed by atoms with van der Waals surface area (Å²) in [6.07, 6.45) is -1.89. The van der Waals surface area contributed by atoms with Crippen molar-refractivity contribution < 1.29 is 17.7 Å². The van der Waals surface area contributed by atoms with E-state index in [0.29, 0.717) is 40.8 Å². The smallest absolute Gasteiger partial charge is 0.361 e. The second-order valence-electron chi connectivity index (χ2n) is 8.79. The van der Waals surface area contributed by atoms with Crippen LogP contribution in [-0.2, 0) is 6.18 Å². The number of alkyl halides is 3. The largest absolute Gasteiger partial charge is 0.420 e. The minimum atomic E-state index is -4.65. The fourth-order valence-corrected chi connectivity index (χ4v) is 5.76. The highest BCUT2D eigenvalue weighted by molar-refractivity contribution is 14.2. The monoisotopic (exact) mass is 630 g/mol. The highest BCUT2D eigenvalue weighted by atomic mass is 127. The number of piperidine rings is 1. The third-order valence-electron chi connectivity index (χ3n) is 6.21. The highest BCUT2D eigenvalue weighted by Gasteiger charge is 2.37. The Labute approximate surface area is 219 Å². The van der Waals surface area contributed by atoms with Gasteiger partial charge in [0.25, 0.3) is 0 Å². The molecule has 2 N–H and O–H groups in total. The Balaban J connectivity index is 1.62. The standard InChI is InChI=1S/C22H23F3IN8OP/c1-10-4-5-13(8-27-10)29-21-28-9-15(22(23,24)25)19(31-21)18-14-6-7-16(17-11(2)33-35-12(17)3)30-20(14)34(32-18)36-26/h6-7,9-10,13,27,36H,4-5,8H2,1-3H3,(H,28,29,31)/t10-,13-/m0/s1. The number of nitrogens with zero attached hydrogens (tertiary/aromatic N) is 6. The van der Waals surface area contributed by atoms with E-state index in [9.17, 15) is 13.2 Å². The van der Waals surface area contributed by atoms with Crippen molar-refractivity contribution in [2.24, 2.45) is 0 Å². The van der Waals surface area contributed by atoms with E-state index in [0.717, 1.165) is 24.6 Å². The van der Waals surface area contributed by atoms with Crippen LogP contribution in [0.4, 0.5) is 19.1 Å². The zero-order valence-corrected chi connectivity index (χ0v) is 22.8. The number of nitrogens with one attached hydrogen (secondary N) is 2. The number of rotatable bonds is 5. The van der Waals surface area contributed by atoms with E-state index in [2.05, 4.69) is 59.8 Å². The van der Waals surface area contributed by atoms with Gasteiger partial charge in [0.05, 0.1) is 23.3 Å². The highest BCUT2D eigenvalue weighted by Crippen LogP contribution is 2.40. The lowest BCUT2D eigenvalue weighted by Gasteiger charge is -2.28. The molecule has 14 heteroatoms. The van der Waals surface area contributed by atoms with Gasteiger partial charge in [-0.25, -0.2) is 19.4 Å². The quantitative estimate of drug-likeness (QED) is 0.219. The van der Waals surface area contributed by atoms with E-state index >= 15 is 0 Å². The summed E-state index contributed by atoms with van der Waals surface area (Å²) in [5.74, 6) is 0.749. The van der Waals surface area contributed by atoms with Gasteiger partial charge in [-0.3, -0.25) is 0 Å². The maximum atomic E-state index is 14.0. The van der Waals surface area contributed by atoms with Gasteiger partial charge in [-0.05, 0) is 67.8 Å². The van der Waals surface area contributed by atoms with Gasteiger partial charge in [-0.1, -0.05) is 5.16 Å². The zero-order chi connectivity index (χ0) is 25.6. The van der Waals surface area contributed by atoms with Gasteiger partial charge >= 0.3 is 6.18 Å². The Morgan fingerprint density at radius 2 is 2.00 bits per heavy atom. The first-order valence-electron chi connectivity index (χ1n) is 11.3. The molecule has 0 saturated carbocycles. The van der Waals surface area contributed by atoms with Crippen molar-refractivity contribution >= 4 is 45.4 Å². The minimum Gasteiger partial charge on any atom is -0.361 e. The Morgan fingerprint density at radius 3 is 2.64 bits per heavy atom. The van der Waals surface area contributed by atoms with Crippen LogP contribution in [0.1, 0.15) is 36.8 Å². The SMILES string of the molecule is Cc1noc(C)c1-c1ccc2c(-c3nc(N[C@H]4CC[C@H](C)NC4)ncc3C(F)(F)F)nn(PI)c2n1. The van der Waals surface area contributed by atoms with Crippen molar-refractivity contribution in [1.29, 1.82) is 0 Å². The van der Waals surface area contributed by atoms with Gasteiger partial charge in [-0.2, -0.15) is 18.3 Å². The van der Waals surface area contributed by atoms with Crippen LogP contribution in [0.5, 0.6) is 0 Å². The molecule has 0 aromatic carbocycles. The van der Waals surface area contributed by atoms with Crippen molar-refractivity contribution in [1.82, 2.24) is 35.0 Å². The van der Waals surface area contributed by atoms with Gasteiger partial charge < -0.3 is 15.2 Å². The molecule has 1 unspecified atom stereocenters. The molecule has 1 aliphatic heterocycles.